The largest absolute Gasteiger partial charge is 0.508 e. The van der Waals surface area contributed by atoms with Crippen molar-refractivity contribution in [3.05, 3.63) is 29.3 Å². The lowest BCUT2D eigenvalue weighted by atomic mass is 9.98. The zero-order valence-corrected chi connectivity index (χ0v) is 12.3. The molecular formula is C16H27NO2. The zero-order chi connectivity index (χ0) is 14.3. The molecule has 0 radical (unpaired) electrons. The lowest BCUT2D eigenvalue weighted by Gasteiger charge is -2.21. The molecule has 0 aromatic heterocycles. The van der Waals surface area contributed by atoms with E-state index in [4.69, 9.17) is 5.11 Å². The maximum atomic E-state index is 9.90. The predicted octanol–water partition coefficient (Wildman–Crippen LogP) is 3.15. The fourth-order valence-electron chi connectivity index (χ4n) is 2.41. The van der Waals surface area contributed by atoms with Crippen LogP contribution in [0.15, 0.2) is 18.2 Å². The second-order valence-corrected chi connectivity index (χ2v) is 5.36. The Kier molecular flexibility index (Phi) is 6.89. The van der Waals surface area contributed by atoms with Gasteiger partial charge in [0.25, 0.3) is 0 Å². The molecule has 0 heterocycles. The second kappa shape index (κ2) is 8.18. The van der Waals surface area contributed by atoms with Crippen LogP contribution in [0.2, 0.25) is 0 Å². The molecule has 0 aliphatic carbocycles. The maximum absolute atomic E-state index is 9.90. The van der Waals surface area contributed by atoms with E-state index in [1.165, 1.54) is 0 Å². The van der Waals surface area contributed by atoms with Gasteiger partial charge >= 0.3 is 0 Å². The molecule has 0 aliphatic heterocycles. The Balaban J connectivity index is 2.58. The summed E-state index contributed by atoms with van der Waals surface area (Å²) in [5.74, 6) is 0.851. The summed E-state index contributed by atoms with van der Waals surface area (Å²) in [6, 6.07) is 5.81. The zero-order valence-electron chi connectivity index (χ0n) is 12.3. The van der Waals surface area contributed by atoms with Crippen LogP contribution in [0, 0.1) is 12.8 Å². The number of hydrogen-bond acceptors (Lipinski definition) is 3. The minimum atomic E-state index is 0.123. The SMILES string of the molecule is CCCC(CCO)CNC(C)c1cc(C)ccc1O. The van der Waals surface area contributed by atoms with Gasteiger partial charge in [0, 0.05) is 18.2 Å². The van der Waals surface area contributed by atoms with Crippen molar-refractivity contribution in [3.8, 4) is 5.75 Å². The van der Waals surface area contributed by atoms with E-state index in [-0.39, 0.29) is 12.6 Å². The third-order valence-electron chi connectivity index (χ3n) is 3.60. The van der Waals surface area contributed by atoms with E-state index in [9.17, 15) is 5.11 Å². The van der Waals surface area contributed by atoms with Gasteiger partial charge in [-0.15, -0.1) is 0 Å². The van der Waals surface area contributed by atoms with Gasteiger partial charge in [0.2, 0.25) is 0 Å². The molecule has 108 valence electrons. The van der Waals surface area contributed by atoms with Crippen molar-refractivity contribution in [2.45, 2.75) is 46.1 Å². The van der Waals surface area contributed by atoms with Crippen molar-refractivity contribution in [1.82, 2.24) is 5.32 Å². The Morgan fingerprint density at radius 2 is 2.00 bits per heavy atom. The molecule has 0 amide bonds. The summed E-state index contributed by atoms with van der Waals surface area (Å²) < 4.78 is 0. The third-order valence-corrected chi connectivity index (χ3v) is 3.60. The first-order valence-corrected chi connectivity index (χ1v) is 7.22. The summed E-state index contributed by atoms with van der Waals surface area (Å²) in [4.78, 5) is 0. The van der Waals surface area contributed by atoms with E-state index in [0.29, 0.717) is 11.7 Å². The number of hydrogen-bond donors (Lipinski definition) is 3. The Morgan fingerprint density at radius 3 is 2.63 bits per heavy atom. The molecule has 3 nitrogen and oxygen atoms in total. The molecule has 0 bridgehead atoms. The second-order valence-electron chi connectivity index (χ2n) is 5.36. The lowest BCUT2D eigenvalue weighted by Crippen LogP contribution is -2.26. The van der Waals surface area contributed by atoms with Crippen LogP contribution in [-0.2, 0) is 0 Å². The van der Waals surface area contributed by atoms with E-state index < -0.39 is 0 Å². The van der Waals surface area contributed by atoms with Gasteiger partial charge in [0.15, 0.2) is 0 Å². The number of aromatic hydroxyl groups is 1. The van der Waals surface area contributed by atoms with Gasteiger partial charge in [-0.25, -0.2) is 0 Å². The summed E-state index contributed by atoms with van der Waals surface area (Å²) in [7, 11) is 0. The van der Waals surface area contributed by atoms with Gasteiger partial charge in [0.05, 0.1) is 0 Å². The van der Waals surface area contributed by atoms with Gasteiger partial charge in [-0.2, -0.15) is 0 Å². The predicted molar refractivity (Wildman–Crippen MR) is 79.4 cm³/mol. The minimum Gasteiger partial charge on any atom is -0.508 e. The fraction of sp³-hybridized carbons (Fsp3) is 0.625. The highest BCUT2D eigenvalue weighted by atomic mass is 16.3. The normalized spacial score (nSPS) is 14.3. The molecule has 0 aliphatic rings. The summed E-state index contributed by atoms with van der Waals surface area (Å²) in [5.41, 5.74) is 2.10. The quantitative estimate of drug-likeness (QED) is 0.677. The number of nitrogens with one attached hydrogen (secondary N) is 1. The van der Waals surface area contributed by atoms with Gasteiger partial charge in [-0.3, -0.25) is 0 Å². The van der Waals surface area contributed by atoms with Gasteiger partial charge < -0.3 is 15.5 Å². The van der Waals surface area contributed by atoms with Crippen LogP contribution in [-0.4, -0.2) is 23.4 Å². The van der Waals surface area contributed by atoms with Crippen LogP contribution in [0.4, 0.5) is 0 Å². The minimum absolute atomic E-state index is 0.123. The first kappa shape index (κ1) is 16.0. The first-order chi connectivity index (χ1) is 9.08. The summed E-state index contributed by atoms with van der Waals surface area (Å²) in [6.45, 7) is 7.39. The number of rotatable bonds is 8. The molecule has 0 saturated carbocycles. The van der Waals surface area contributed by atoms with Crippen LogP contribution in [0.5, 0.6) is 5.75 Å². The average Bonchev–Trinajstić information content (AvgIpc) is 2.39. The molecule has 1 aromatic rings. The van der Waals surface area contributed by atoms with Gasteiger partial charge in [-0.1, -0.05) is 31.0 Å². The Bertz CT molecular complexity index is 373. The average molecular weight is 265 g/mol. The molecule has 0 fully saturated rings. The highest BCUT2D eigenvalue weighted by Crippen LogP contribution is 2.25. The number of benzene rings is 1. The van der Waals surface area contributed by atoms with E-state index in [1.54, 1.807) is 6.07 Å². The molecule has 2 atom stereocenters. The van der Waals surface area contributed by atoms with Gasteiger partial charge in [0.1, 0.15) is 5.75 Å². The monoisotopic (exact) mass is 265 g/mol. The van der Waals surface area contributed by atoms with Crippen LogP contribution in [0.25, 0.3) is 0 Å². The molecular weight excluding hydrogens is 238 g/mol. The van der Waals surface area contributed by atoms with Crippen molar-refractivity contribution < 1.29 is 10.2 Å². The molecule has 3 heteroatoms. The lowest BCUT2D eigenvalue weighted by molar-refractivity contribution is 0.245. The van der Waals surface area contributed by atoms with Crippen molar-refractivity contribution in [1.29, 1.82) is 0 Å². The van der Waals surface area contributed by atoms with Gasteiger partial charge in [-0.05, 0) is 45.2 Å². The molecule has 0 saturated heterocycles. The van der Waals surface area contributed by atoms with Crippen LogP contribution in [0.1, 0.15) is 50.3 Å². The Morgan fingerprint density at radius 1 is 1.26 bits per heavy atom. The number of aliphatic hydroxyl groups excluding tert-OH is 1. The number of phenols is 1. The Labute approximate surface area is 116 Å². The van der Waals surface area contributed by atoms with Crippen molar-refractivity contribution in [3.63, 3.8) is 0 Å². The van der Waals surface area contributed by atoms with Crippen LogP contribution < -0.4 is 5.32 Å². The molecule has 0 spiro atoms. The maximum Gasteiger partial charge on any atom is 0.120 e. The van der Waals surface area contributed by atoms with Crippen molar-refractivity contribution in [2.24, 2.45) is 5.92 Å². The van der Waals surface area contributed by atoms with Crippen LogP contribution >= 0.6 is 0 Å². The van der Waals surface area contributed by atoms with E-state index in [2.05, 4.69) is 19.2 Å². The summed E-state index contributed by atoms with van der Waals surface area (Å²) in [6.07, 6.45) is 3.10. The Hall–Kier alpha value is -1.06. The smallest absolute Gasteiger partial charge is 0.120 e. The number of aliphatic hydroxyl groups is 1. The first-order valence-electron chi connectivity index (χ1n) is 7.22. The van der Waals surface area contributed by atoms with Crippen LogP contribution in [0.3, 0.4) is 0 Å². The number of phenolic OH excluding ortho intramolecular Hbond substituents is 1. The topological polar surface area (TPSA) is 52.5 Å². The third kappa shape index (κ3) is 5.21. The highest BCUT2D eigenvalue weighted by molar-refractivity contribution is 5.37. The summed E-state index contributed by atoms with van der Waals surface area (Å²) in [5, 5.41) is 22.4. The van der Waals surface area contributed by atoms with E-state index >= 15 is 0 Å². The molecule has 2 unspecified atom stereocenters. The number of aryl methyl sites for hydroxylation is 1. The van der Waals surface area contributed by atoms with E-state index in [0.717, 1.165) is 36.9 Å². The highest BCUT2D eigenvalue weighted by Gasteiger charge is 2.13. The molecule has 1 aromatic carbocycles. The van der Waals surface area contributed by atoms with E-state index in [1.807, 2.05) is 19.1 Å². The van der Waals surface area contributed by atoms with Crippen molar-refractivity contribution >= 4 is 0 Å². The standard InChI is InChI=1S/C16H27NO2/c1-4-5-14(8-9-18)11-17-13(3)15-10-12(2)6-7-16(15)19/h6-7,10,13-14,17-19H,4-5,8-9,11H2,1-3H3. The molecule has 3 N–H and O–H groups in total. The molecule has 1 rings (SSSR count). The molecule has 19 heavy (non-hydrogen) atoms. The van der Waals surface area contributed by atoms with Crippen molar-refractivity contribution in [2.75, 3.05) is 13.2 Å². The summed E-state index contributed by atoms with van der Waals surface area (Å²) >= 11 is 0. The fourth-order valence-corrected chi connectivity index (χ4v) is 2.41.